The van der Waals surface area contributed by atoms with Gasteiger partial charge in [0.1, 0.15) is 5.75 Å². The second-order valence-corrected chi connectivity index (χ2v) is 6.04. The lowest BCUT2D eigenvalue weighted by Gasteiger charge is -2.20. The lowest BCUT2D eigenvalue weighted by Crippen LogP contribution is -2.23. The quantitative estimate of drug-likeness (QED) is 0.774. The lowest BCUT2D eigenvalue weighted by atomic mass is 9.98. The number of methoxy groups -OCH3 is 1. The Morgan fingerprint density at radius 2 is 1.90 bits per heavy atom. The van der Waals surface area contributed by atoms with Crippen LogP contribution in [-0.4, -0.2) is 13.7 Å². The zero-order valence-corrected chi connectivity index (χ0v) is 14.5. The molecule has 0 fully saturated rings. The van der Waals surface area contributed by atoms with Gasteiger partial charge in [0.05, 0.1) is 12.1 Å². The highest BCUT2D eigenvalue weighted by Gasteiger charge is 2.16. The number of hydrogen-bond donors (Lipinski definition) is 1. The molecule has 0 aromatic heterocycles. The number of hydrogen-bond acceptors (Lipinski definition) is 2. The van der Waals surface area contributed by atoms with E-state index in [9.17, 15) is 0 Å². The molecule has 1 atom stereocenters. The number of halogens is 2. The average molecular weight is 369 g/mol. The van der Waals surface area contributed by atoms with Gasteiger partial charge < -0.3 is 10.1 Å². The van der Waals surface area contributed by atoms with Crippen molar-refractivity contribution in [1.29, 1.82) is 0 Å². The van der Waals surface area contributed by atoms with Crippen molar-refractivity contribution in [1.82, 2.24) is 5.32 Å². The average Bonchev–Trinajstić information content (AvgIpc) is 2.50. The topological polar surface area (TPSA) is 21.3 Å². The monoisotopic (exact) mass is 367 g/mol. The van der Waals surface area contributed by atoms with Gasteiger partial charge >= 0.3 is 0 Å². The van der Waals surface area contributed by atoms with E-state index in [4.69, 9.17) is 16.3 Å². The van der Waals surface area contributed by atoms with Gasteiger partial charge in [0.25, 0.3) is 0 Å². The molecule has 2 aromatic rings. The molecule has 1 N–H and O–H groups in total. The molecule has 0 saturated heterocycles. The van der Waals surface area contributed by atoms with Crippen molar-refractivity contribution in [2.24, 2.45) is 0 Å². The molecule has 0 radical (unpaired) electrons. The Morgan fingerprint density at radius 1 is 1.19 bits per heavy atom. The van der Waals surface area contributed by atoms with Crippen molar-refractivity contribution in [2.75, 3.05) is 13.7 Å². The Kier molecular flexibility index (Phi) is 6.09. The van der Waals surface area contributed by atoms with Gasteiger partial charge in [-0.05, 0) is 58.2 Å². The van der Waals surface area contributed by atoms with Crippen LogP contribution in [0.3, 0.4) is 0 Å². The number of benzene rings is 2. The summed E-state index contributed by atoms with van der Waals surface area (Å²) in [6.45, 7) is 3.00. The molecule has 0 aliphatic carbocycles. The number of ether oxygens (including phenoxy) is 1. The van der Waals surface area contributed by atoms with Crippen molar-refractivity contribution >= 4 is 27.5 Å². The van der Waals surface area contributed by atoms with E-state index in [1.54, 1.807) is 7.11 Å². The predicted octanol–water partition coefficient (Wildman–Crippen LogP) is 5.00. The summed E-state index contributed by atoms with van der Waals surface area (Å²) in [7, 11) is 1.68. The Balaban J connectivity index is 2.24. The zero-order valence-electron chi connectivity index (χ0n) is 12.2. The first-order chi connectivity index (χ1) is 10.2. The summed E-state index contributed by atoms with van der Waals surface area (Å²) < 4.78 is 6.13. The van der Waals surface area contributed by atoms with Crippen LogP contribution in [0.15, 0.2) is 46.9 Å². The third-order valence-electron chi connectivity index (χ3n) is 3.41. The normalized spacial score (nSPS) is 12.2. The molecular weight excluding hydrogens is 350 g/mol. The maximum atomic E-state index is 6.43. The van der Waals surface area contributed by atoms with Crippen LogP contribution in [-0.2, 0) is 6.42 Å². The van der Waals surface area contributed by atoms with E-state index in [0.717, 1.165) is 33.8 Å². The highest BCUT2D eigenvalue weighted by molar-refractivity contribution is 9.10. The smallest absolute Gasteiger partial charge is 0.118 e. The molecule has 2 aromatic carbocycles. The third-order valence-corrected chi connectivity index (χ3v) is 4.72. The molecule has 21 heavy (non-hydrogen) atoms. The molecule has 0 spiro atoms. The summed E-state index contributed by atoms with van der Waals surface area (Å²) in [6, 6.07) is 14.4. The first kappa shape index (κ1) is 16.3. The van der Waals surface area contributed by atoms with Crippen LogP contribution in [0.1, 0.15) is 24.1 Å². The third kappa shape index (κ3) is 4.22. The van der Waals surface area contributed by atoms with Gasteiger partial charge in [-0.1, -0.05) is 42.8 Å². The Labute approximate surface area is 139 Å². The Bertz CT molecular complexity index is 586. The minimum absolute atomic E-state index is 0.188. The van der Waals surface area contributed by atoms with E-state index in [0.29, 0.717) is 0 Å². The maximum absolute atomic E-state index is 6.43. The van der Waals surface area contributed by atoms with Crippen LogP contribution in [0.4, 0.5) is 0 Å². The van der Waals surface area contributed by atoms with Crippen LogP contribution < -0.4 is 10.1 Å². The van der Waals surface area contributed by atoms with Gasteiger partial charge in [0, 0.05) is 10.5 Å². The van der Waals surface area contributed by atoms with E-state index >= 15 is 0 Å². The molecule has 0 aliphatic rings. The van der Waals surface area contributed by atoms with Gasteiger partial charge in [-0.15, -0.1) is 0 Å². The molecule has 0 bridgehead atoms. The second-order valence-electron chi connectivity index (χ2n) is 4.81. The fraction of sp³-hybridized carbons (Fsp3) is 0.294. The summed E-state index contributed by atoms with van der Waals surface area (Å²) >= 11 is 9.92. The van der Waals surface area contributed by atoms with Crippen molar-refractivity contribution in [2.45, 2.75) is 19.4 Å². The molecular formula is C17H19BrClNO. The van der Waals surface area contributed by atoms with Gasteiger partial charge in [-0.2, -0.15) is 0 Å². The van der Waals surface area contributed by atoms with E-state index in [1.165, 1.54) is 5.56 Å². The Hall–Kier alpha value is -1.03. The van der Waals surface area contributed by atoms with Crippen LogP contribution in [0.5, 0.6) is 5.75 Å². The van der Waals surface area contributed by atoms with E-state index in [-0.39, 0.29) is 6.04 Å². The molecule has 112 valence electrons. The van der Waals surface area contributed by atoms with Crippen molar-refractivity contribution in [3.8, 4) is 5.75 Å². The fourth-order valence-electron chi connectivity index (χ4n) is 2.33. The highest BCUT2D eigenvalue weighted by atomic mass is 79.9. The van der Waals surface area contributed by atoms with E-state index in [2.05, 4.69) is 46.4 Å². The number of likely N-dealkylation sites (N-methyl/N-ethyl adjacent to an activating group) is 1. The van der Waals surface area contributed by atoms with Gasteiger partial charge in [-0.25, -0.2) is 0 Å². The largest absolute Gasteiger partial charge is 0.497 e. The lowest BCUT2D eigenvalue weighted by molar-refractivity contribution is 0.414. The van der Waals surface area contributed by atoms with Gasteiger partial charge in [0.15, 0.2) is 0 Å². The van der Waals surface area contributed by atoms with Crippen LogP contribution >= 0.6 is 27.5 Å². The molecule has 0 amide bonds. The number of rotatable bonds is 6. The standard InChI is InChI=1S/C17H19BrClNO/c1-3-20-16(14-5-4-6-15(18)17(14)19)11-12-7-9-13(21-2)10-8-12/h4-10,16,20H,3,11H2,1-2H3. The summed E-state index contributed by atoms with van der Waals surface area (Å²) in [4.78, 5) is 0. The SMILES string of the molecule is CCNC(Cc1ccc(OC)cc1)c1cccc(Br)c1Cl. The summed E-state index contributed by atoms with van der Waals surface area (Å²) in [5, 5.41) is 4.28. The van der Waals surface area contributed by atoms with Gasteiger partial charge in [0.2, 0.25) is 0 Å². The Morgan fingerprint density at radius 3 is 2.52 bits per heavy atom. The first-order valence-corrected chi connectivity index (χ1v) is 8.13. The van der Waals surface area contributed by atoms with E-state index < -0.39 is 0 Å². The summed E-state index contributed by atoms with van der Waals surface area (Å²) in [5.41, 5.74) is 2.36. The van der Waals surface area contributed by atoms with Crippen molar-refractivity contribution in [3.05, 3.63) is 63.1 Å². The van der Waals surface area contributed by atoms with Crippen molar-refractivity contribution in [3.63, 3.8) is 0 Å². The molecule has 0 heterocycles. The second kappa shape index (κ2) is 7.83. The molecule has 1 unspecified atom stereocenters. The molecule has 0 saturated carbocycles. The zero-order chi connectivity index (χ0) is 15.2. The minimum atomic E-state index is 0.188. The van der Waals surface area contributed by atoms with Crippen LogP contribution in [0, 0.1) is 0 Å². The fourth-order valence-corrected chi connectivity index (χ4v) is 2.96. The molecule has 0 aliphatic heterocycles. The minimum Gasteiger partial charge on any atom is -0.497 e. The first-order valence-electron chi connectivity index (χ1n) is 6.96. The molecule has 2 nitrogen and oxygen atoms in total. The maximum Gasteiger partial charge on any atom is 0.118 e. The predicted molar refractivity (Wildman–Crippen MR) is 92.3 cm³/mol. The number of nitrogens with one attached hydrogen (secondary N) is 1. The molecule has 4 heteroatoms. The molecule has 2 rings (SSSR count). The highest BCUT2D eigenvalue weighted by Crippen LogP contribution is 2.32. The van der Waals surface area contributed by atoms with Crippen molar-refractivity contribution < 1.29 is 4.74 Å². The van der Waals surface area contributed by atoms with Gasteiger partial charge in [-0.3, -0.25) is 0 Å². The van der Waals surface area contributed by atoms with Crippen LogP contribution in [0.2, 0.25) is 5.02 Å². The van der Waals surface area contributed by atoms with Crippen LogP contribution in [0.25, 0.3) is 0 Å². The summed E-state index contributed by atoms with van der Waals surface area (Å²) in [6.07, 6.45) is 0.883. The summed E-state index contributed by atoms with van der Waals surface area (Å²) in [5.74, 6) is 0.874. The van der Waals surface area contributed by atoms with E-state index in [1.807, 2.05) is 24.3 Å².